The van der Waals surface area contributed by atoms with Crippen LogP contribution in [0.5, 0.6) is 5.75 Å². The third-order valence-electron chi connectivity index (χ3n) is 19.9. The number of aliphatic hydroxyl groups excluding tert-OH is 10. The fraction of sp³-hybridized carbons (Fsp3) is 0.635. The molecule has 10 rings (SSSR count). The summed E-state index contributed by atoms with van der Waals surface area (Å²) < 4.78 is 47.4. The Balaban J connectivity index is 0.000000233. The van der Waals surface area contributed by atoms with Gasteiger partial charge in [0, 0.05) is 55.1 Å². The van der Waals surface area contributed by atoms with Crippen molar-refractivity contribution in [3.63, 3.8) is 0 Å². The first-order valence-corrected chi connectivity index (χ1v) is 53.2. The van der Waals surface area contributed by atoms with Gasteiger partial charge in [-0.15, -0.1) is 65.9 Å². The van der Waals surface area contributed by atoms with Gasteiger partial charge in [0.2, 0.25) is 5.75 Å². The molecule has 10 heterocycles. The van der Waals surface area contributed by atoms with Gasteiger partial charge >= 0.3 is 40.4 Å². The SMILES string of the molecule is C=P(C)(C)CC[C@H]1O[C@@H](c2c[nH]c(=O)n(C)c2=O)[C@H](O)[C@@H]1O.C=P(C)(C)CC[C@H]1O[C@@H](n2cc(C)c(=O)[nH]c2=O)[C@H](O)[C@@H]1O.C=P(C)(C)CC[C@H]1O[C@@H](n2cc(CC(=O)OC)c(=O)[nH]c2=O)[C@H](O)[C@@H]1O.C=P(C)(C)CC[C@H]1O[C@@H](n2cc(CN)c(=O)[nH]c2=O)[C@H](O)[C@@H]1O.C=P(C)(C)CC[C@H]1O[C@@H](n2cc(OCC(=O)OC)c(=O)[nH]c2=O)[C@H](O)[C@@H]1O. The van der Waals surface area contributed by atoms with Crippen LogP contribution >= 0.6 is 34.4 Å². The Labute approximate surface area is 689 Å². The van der Waals surface area contributed by atoms with Crippen molar-refractivity contribution >= 4 is 77.9 Å². The predicted octanol–water partition coefficient (Wildman–Crippen LogP) is -4.61. The lowest BCUT2D eigenvalue weighted by Gasteiger charge is -2.19. The second kappa shape index (κ2) is 42.6. The average Bonchev–Trinajstić information content (AvgIpc) is 1.64. The Hall–Kier alpha value is -7.00. The highest BCUT2D eigenvalue weighted by Gasteiger charge is 2.49. The van der Waals surface area contributed by atoms with E-state index in [9.17, 15) is 109 Å². The highest BCUT2D eigenvalue weighted by Crippen LogP contribution is 2.44. The molecule has 5 aromatic heterocycles. The van der Waals surface area contributed by atoms with Crippen LogP contribution in [0.1, 0.15) is 85.4 Å². The van der Waals surface area contributed by atoms with Crippen LogP contribution < -0.4 is 66.7 Å². The third kappa shape index (κ3) is 28.0. The molecule has 46 heteroatoms. The molecule has 676 valence electrons. The van der Waals surface area contributed by atoms with Gasteiger partial charge in [-0.25, -0.2) is 28.8 Å². The minimum absolute atomic E-state index is 0.00462. The van der Waals surface area contributed by atoms with E-state index in [0.717, 1.165) is 73.1 Å². The van der Waals surface area contributed by atoms with Gasteiger partial charge in [0.1, 0.15) is 67.1 Å². The number of rotatable bonds is 26. The standard InChI is InChI=1S/C16H25N2O8P.C16H25N2O7P.C14H24N3O5P.2C14H23N2O5P/c1-24-11(19)8-25-10-7-18(16(23)17-14(10)22)15-13(21)12(20)9(26-15)5-6-27(2,3)4;1-24-11(19)7-9-8-18(16(23)17-14(9)22)15-13(21)12(20)10(25-15)5-6-26(2,3)4;1-23(2,3)5-4-9-10(18)11(19)13(22-9)17-7-8(6-15)12(20)16-14(17)21;1-16-13(19)8(7-15-14(16)20)12-11(18)10(17)9(21-12)5-6-22(2,3)4;1-8-7-16(14(20)15-12(8)19)13-11(18)10(17)9(21-13)5-6-22(2,3)4/h7,9,12-13,15,20-21H,2,5-6,8H2,1,3-4H3,(H,17,22,23);8,10,12-13,15,20-21H,2,5-7H2,1,3-4H3,(H,17,22,23);7,9-11,13,18-19H,1,4-6,15H2,2-3H3,(H,16,20,21);7,9-12,17-18H,2,5-6H2,1,3-4H3,(H,15,20);7,9-11,13,17-18H,2,5-6H2,1,3-4H3,(H,15,19,20)/t9-,12-,13-,15-;10-,12-,13-,15-;9-,10-,11-,13-;9-,10-,11-,12+;9-,10-,11-,13-/m11111/s1. The zero-order chi connectivity index (χ0) is 90.7. The van der Waals surface area contributed by atoms with Crippen molar-refractivity contribution in [1.29, 1.82) is 0 Å². The number of carbonyl (C=O) groups excluding carboxylic acids is 2. The molecule has 0 spiro atoms. The normalized spacial score (nSPS) is 27.4. The predicted molar refractivity (Wildman–Crippen MR) is 464 cm³/mol. The largest absolute Gasteiger partial charge is 0.475 e. The summed E-state index contributed by atoms with van der Waals surface area (Å²) in [5.74, 6) is -1.68. The van der Waals surface area contributed by atoms with Gasteiger partial charge in [-0.3, -0.25) is 71.5 Å². The number of nitrogens with one attached hydrogen (secondary N) is 5. The minimum Gasteiger partial charge on any atom is -0.475 e. The van der Waals surface area contributed by atoms with E-state index in [-0.39, 0.29) is 35.4 Å². The molecule has 120 heavy (non-hydrogen) atoms. The number of nitrogens with two attached hydrogens (primary N) is 1. The van der Waals surface area contributed by atoms with Crippen molar-refractivity contribution in [2.24, 2.45) is 12.8 Å². The average molecular weight is 1800 g/mol. The van der Waals surface area contributed by atoms with Crippen LogP contribution in [0, 0.1) is 6.92 Å². The first kappa shape index (κ1) is 102. The Bertz CT molecular complexity index is 5240. The van der Waals surface area contributed by atoms with Crippen molar-refractivity contribution in [3.05, 3.63) is 157 Å². The molecule has 0 radical (unpaired) electrons. The van der Waals surface area contributed by atoms with E-state index in [0.29, 0.717) is 37.7 Å². The molecular weight excluding hydrogens is 1680 g/mol. The maximum atomic E-state index is 12.1. The van der Waals surface area contributed by atoms with E-state index >= 15 is 0 Å². The molecule has 0 saturated carbocycles. The second-order valence-electron chi connectivity index (χ2n) is 33.5. The van der Waals surface area contributed by atoms with E-state index in [1.807, 2.05) is 31.6 Å². The van der Waals surface area contributed by atoms with E-state index in [4.69, 9.17) is 34.2 Å². The molecule has 5 fully saturated rings. The summed E-state index contributed by atoms with van der Waals surface area (Å²) in [7, 11) is 3.69. The van der Waals surface area contributed by atoms with Crippen LogP contribution in [0.3, 0.4) is 0 Å². The van der Waals surface area contributed by atoms with Crippen molar-refractivity contribution < 1.29 is 98.5 Å². The van der Waals surface area contributed by atoms with Crippen LogP contribution in [0.25, 0.3) is 0 Å². The van der Waals surface area contributed by atoms with Crippen LogP contribution in [0.4, 0.5) is 0 Å². The van der Waals surface area contributed by atoms with Crippen molar-refractivity contribution in [3.8, 4) is 5.75 Å². The van der Waals surface area contributed by atoms with Gasteiger partial charge < -0.3 is 99.7 Å². The van der Waals surface area contributed by atoms with Crippen molar-refractivity contribution in [2.75, 3.05) is 118 Å². The second-order valence-corrected chi connectivity index (χ2v) is 55.1. The number of aliphatic hydroxyl groups is 10. The quantitative estimate of drug-likeness (QED) is 0.0183. The van der Waals surface area contributed by atoms with Crippen LogP contribution in [0.15, 0.2) is 78.9 Å². The lowest BCUT2D eigenvalue weighted by atomic mass is 10.0. The Morgan fingerprint density at radius 3 is 1.08 bits per heavy atom. The van der Waals surface area contributed by atoms with Crippen molar-refractivity contribution in [2.45, 2.75) is 175 Å². The Morgan fingerprint density at radius 1 is 0.425 bits per heavy atom. The fourth-order valence-corrected chi connectivity index (χ4v) is 17.6. The van der Waals surface area contributed by atoms with E-state index in [1.54, 1.807) is 6.92 Å². The number of methoxy groups -OCH3 is 2. The molecule has 0 aliphatic carbocycles. The van der Waals surface area contributed by atoms with Gasteiger partial charge in [0.05, 0.1) is 62.9 Å². The van der Waals surface area contributed by atoms with Gasteiger partial charge in [-0.2, -0.15) is 0 Å². The Morgan fingerprint density at radius 2 is 0.733 bits per heavy atom. The molecular formula is C74H120N11O30P5. The summed E-state index contributed by atoms with van der Waals surface area (Å²) in [4.78, 5) is 152. The smallest absolute Gasteiger partial charge is 0.343 e. The topological polar surface area (TPSA) is 611 Å². The number of carbonyl (C=O) groups is 2. The minimum atomic E-state index is -1.38. The zero-order valence-electron chi connectivity index (χ0n) is 69.8. The highest BCUT2D eigenvalue weighted by molar-refractivity contribution is 7.73. The van der Waals surface area contributed by atoms with Crippen LogP contribution in [0.2, 0.25) is 0 Å². The number of nitrogens with zero attached hydrogens (tertiary/aromatic N) is 5. The first-order valence-electron chi connectivity index (χ1n) is 38.0. The maximum absolute atomic E-state index is 12.1. The van der Waals surface area contributed by atoms with Crippen LogP contribution in [-0.4, -0.2) is 352 Å². The lowest BCUT2D eigenvalue weighted by molar-refractivity contribution is -0.143. The number of hydrogen-bond donors (Lipinski definition) is 16. The molecule has 5 saturated heterocycles. The molecule has 0 bridgehead atoms. The number of H-pyrrole nitrogens is 5. The number of aryl methyl sites for hydroxylation is 1. The number of esters is 2. The zero-order valence-corrected chi connectivity index (χ0v) is 74.3. The molecule has 5 aromatic rings. The summed E-state index contributed by atoms with van der Waals surface area (Å²) in [6.07, 6.45) is 12.3. The van der Waals surface area contributed by atoms with Gasteiger partial charge in [-0.05, 0) is 136 Å². The fourth-order valence-electron chi connectivity index (χ4n) is 12.9. The monoisotopic (exact) mass is 1800 g/mol. The molecule has 17 N–H and O–H groups in total. The third-order valence-corrected chi connectivity index (χ3v) is 27.3. The summed E-state index contributed by atoms with van der Waals surface area (Å²) in [5.41, 5.74) is -0.577. The van der Waals surface area contributed by atoms with Gasteiger partial charge in [0.25, 0.3) is 27.8 Å². The number of aromatic amines is 5. The molecule has 0 amide bonds. The highest BCUT2D eigenvalue weighted by atomic mass is 31.2. The van der Waals surface area contributed by atoms with Crippen LogP contribution in [-0.2, 0) is 62.8 Å². The first-order chi connectivity index (χ1) is 55.4. The van der Waals surface area contributed by atoms with E-state index in [2.05, 4.69) is 101 Å². The molecule has 41 nitrogen and oxygen atoms in total. The summed E-state index contributed by atoms with van der Waals surface area (Å²) >= 11 is 0. The number of hydrogen-bond acceptors (Lipinski definition) is 31. The van der Waals surface area contributed by atoms with Gasteiger partial charge in [-0.1, -0.05) is 0 Å². The van der Waals surface area contributed by atoms with E-state index in [1.165, 1.54) is 32.7 Å². The summed E-state index contributed by atoms with van der Waals surface area (Å²) in [6.45, 7) is 15.1. The number of aromatic nitrogens is 10. The van der Waals surface area contributed by atoms with Crippen molar-refractivity contribution in [1.82, 2.24) is 47.8 Å². The van der Waals surface area contributed by atoms with Gasteiger partial charge in [0.15, 0.2) is 31.5 Å². The molecule has 20 atom stereocenters. The summed E-state index contributed by atoms with van der Waals surface area (Å²) in [5, 5.41) is 102. The Kier molecular flexibility index (Phi) is 36.1. The molecule has 0 aromatic carbocycles. The van der Waals surface area contributed by atoms with E-state index < -0.39 is 232 Å². The summed E-state index contributed by atoms with van der Waals surface area (Å²) in [6, 6.07) is 0. The lowest BCUT2D eigenvalue weighted by Crippen LogP contribution is -2.39. The molecule has 0 unspecified atom stereocenters. The molecule has 5 aliphatic heterocycles. The molecule has 5 aliphatic rings. The number of ether oxygens (including phenoxy) is 8. The maximum Gasteiger partial charge on any atom is 0.343 e.